The van der Waals surface area contributed by atoms with Crippen LogP contribution in [-0.4, -0.2) is 0 Å². The van der Waals surface area contributed by atoms with E-state index in [4.69, 9.17) is 0 Å². The molecule has 8 aromatic carbocycles. The minimum Gasteiger partial charge on any atom is -0.0537 e. The maximum absolute atomic E-state index is 2.43. The lowest BCUT2D eigenvalue weighted by atomic mass is 9.81. The van der Waals surface area contributed by atoms with E-state index in [0.29, 0.717) is 0 Å². The summed E-state index contributed by atoms with van der Waals surface area (Å²) >= 11 is 0. The molecule has 0 saturated carbocycles. The van der Waals surface area contributed by atoms with Gasteiger partial charge in [0.05, 0.1) is 0 Å². The highest BCUT2D eigenvalue weighted by Crippen LogP contribution is 2.49. The molecule has 0 spiro atoms. The molecule has 0 bridgehead atoms. The van der Waals surface area contributed by atoms with E-state index in [9.17, 15) is 0 Å². The van der Waals surface area contributed by atoms with Gasteiger partial charge in [0, 0.05) is 0 Å². The number of rotatable bonds is 0. The van der Waals surface area contributed by atoms with Gasteiger partial charge in [-0.1, -0.05) is 72.8 Å². The molecule has 0 heteroatoms. The highest BCUT2D eigenvalue weighted by atomic mass is 14.2. The van der Waals surface area contributed by atoms with Crippen LogP contribution in [-0.2, 0) is 0 Å². The third kappa shape index (κ3) is 2.14. The lowest BCUT2D eigenvalue weighted by Gasteiger charge is -2.21. The Bertz CT molecular complexity index is 1830. The second-order valence-electron chi connectivity index (χ2n) is 10.5. The van der Waals surface area contributed by atoms with E-state index < -0.39 is 0 Å². The van der Waals surface area contributed by atoms with Crippen LogP contribution >= 0.6 is 0 Å². The Balaban J connectivity index is 1.90. The third-order valence-corrected chi connectivity index (χ3v) is 7.97. The molecule has 0 radical (unpaired) electrons. The minimum absolute atomic E-state index is 1.32. The summed E-state index contributed by atoms with van der Waals surface area (Å²) in [5.74, 6) is 0. The van der Waals surface area contributed by atoms with Gasteiger partial charge in [-0.25, -0.2) is 0 Å². The Labute approximate surface area is 198 Å². The second-order valence-corrected chi connectivity index (χ2v) is 10.5. The molecule has 0 saturated heterocycles. The molecule has 0 amide bonds. The van der Waals surface area contributed by atoms with Crippen molar-refractivity contribution in [3.05, 3.63) is 95.1 Å². The summed E-state index contributed by atoms with van der Waals surface area (Å²) in [4.78, 5) is 0. The molecule has 0 aliphatic heterocycles. The SMILES string of the molecule is Cc1cc2ccc3cc(C)cc4c3c2c(c1)c1c2cc(C)cc3ccc5cc(C)cc(c5c32)c41. The van der Waals surface area contributed by atoms with Crippen LogP contribution in [0.1, 0.15) is 22.3 Å². The van der Waals surface area contributed by atoms with Crippen molar-refractivity contribution in [2.24, 2.45) is 0 Å². The van der Waals surface area contributed by atoms with Gasteiger partial charge in [0.1, 0.15) is 0 Å². The summed E-state index contributed by atoms with van der Waals surface area (Å²) in [7, 11) is 0. The number of hydrogen-bond donors (Lipinski definition) is 0. The molecule has 0 unspecified atom stereocenters. The van der Waals surface area contributed by atoms with Crippen LogP contribution in [0.4, 0.5) is 0 Å². The van der Waals surface area contributed by atoms with Crippen LogP contribution in [0, 0.1) is 27.7 Å². The van der Waals surface area contributed by atoms with Crippen LogP contribution in [0.3, 0.4) is 0 Å². The van der Waals surface area contributed by atoms with E-state index in [1.807, 2.05) is 0 Å². The predicted octanol–water partition coefficient (Wildman–Crippen LogP) is 9.87. The lowest BCUT2D eigenvalue weighted by Crippen LogP contribution is -1.94. The van der Waals surface area contributed by atoms with Crippen LogP contribution in [0.15, 0.2) is 72.8 Å². The van der Waals surface area contributed by atoms with E-state index in [2.05, 4.69) is 100 Å². The molecule has 0 nitrogen and oxygen atoms in total. The maximum Gasteiger partial charge on any atom is -0.00132 e. The normalized spacial score (nSPS) is 12.7. The van der Waals surface area contributed by atoms with Crippen molar-refractivity contribution in [1.82, 2.24) is 0 Å². The average molecular weight is 433 g/mol. The summed E-state index contributed by atoms with van der Waals surface area (Å²) in [5.41, 5.74) is 5.28. The molecule has 0 fully saturated rings. The van der Waals surface area contributed by atoms with Gasteiger partial charge in [0.15, 0.2) is 0 Å². The van der Waals surface area contributed by atoms with Gasteiger partial charge in [-0.2, -0.15) is 0 Å². The molecular weight excluding hydrogens is 408 g/mol. The highest BCUT2D eigenvalue weighted by molar-refractivity contribution is 6.45. The molecule has 8 aromatic rings. The monoisotopic (exact) mass is 432 g/mol. The minimum atomic E-state index is 1.32. The first kappa shape index (κ1) is 18.5. The van der Waals surface area contributed by atoms with E-state index in [-0.39, 0.29) is 0 Å². The Morgan fingerprint density at radius 3 is 0.765 bits per heavy atom. The molecule has 0 aromatic heterocycles. The maximum atomic E-state index is 2.43. The van der Waals surface area contributed by atoms with Crippen molar-refractivity contribution in [3.63, 3.8) is 0 Å². The molecule has 0 aliphatic rings. The fraction of sp³-hybridized carbons (Fsp3) is 0.118. The summed E-state index contributed by atoms with van der Waals surface area (Å²) in [6.07, 6.45) is 0. The smallest absolute Gasteiger partial charge is 0.00132 e. The first-order valence-corrected chi connectivity index (χ1v) is 12.2. The average Bonchev–Trinajstić information content (AvgIpc) is 2.80. The van der Waals surface area contributed by atoms with Gasteiger partial charge >= 0.3 is 0 Å². The molecule has 34 heavy (non-hydrogen) atoms. The lowest BCUT2D eigenvalue weighted by molar-refractivity contribution is 1.51. The molecule has 8 rings (SSSR count). The van der Waals surface area contributed by atoms with Gasteiger partial charge in [-0.3, -0.25) is 0 Å². The van der Waals surface area contributed by atoms with E-state index >= 15 is 0 Å². The molecule has 0 aliphatic carbocycles. The molecular formula is C34H24. The van der Waals surface area contributed by atoms with Crippen molar-refractivity contribution in [2.45, 2.75) is 27.7 Å². The fourth-order valence-corrected chi connectivity index (χ4v) is 6.88. The summed E-state index contributed by atoms with van der Waals surface area (Å²) < 4.78 is 0. The highest BCUT2D eigenvalue weighted by Gasteiger charge is 2.21. The molecule has 0 heterocycles. The first-order chi connectivity index (χ1) is 16.5. The van der Waals surface area contributed by atoms with Crippen LogP contribution < -0.4 is 0 Å². The third-order valence-electron chi connectivity index (χ3n) is 7.97. The Morgan fingerprint density at radius 1 is 0.294 bits per heavy atom. The van der Waals surface area contributed by atoms with Crippen LogP contribution in [0.5, 0.6) is 0 Å². The Kier molecular flexibility index (Phi) is 3.25. The van der Waals surface area contributed by atoms with Gasteiger partial charge in [0.25, 0.3) is 0 Å². The van der Waals surface area contributed by atoms with Crippen molar-refractivity contribution >= 4 is 75.4 Å². The zero-order valence-electron chi connectivity index (χ0n) is 19.9. The summed E-state index contributed by atoms with van der Waals surface area (Å²) in [6.45, 7) is 8.94. The number of fused-ring (bicyclic) bond motifs is 5. The standard InChI is InChI=1S/C34H24/c1-17-9-21-5-6-22-10-19(3)15-27-30(22)29(21)25(13-17)33-26-14-18(2)11-23-7-8-24-12-20(4)16-28(34(27)33)32(24)31(23)26/h5-16H,1-4H3. The predicted molar refractivity (Wildman–Crippen MR) is 150 cm³/mol. The first-order valence-electron chi connectivity index (χ1n) is 12.2. The number of benzene rings is 8. The number of hydrogen-bond acceptors (Lipinski definition) is 0. The van der Waals surface area contributed by atoms with Crippen LogP contribution in [0.25, 0.3) is 75.4 Å². The zero-order chi connectivity index (χ0) is 22.9. The molecule has 0 N–H and O–H groups in total. The molecule has 0 atom stereocenters. The van der Waals surface area contributed by atoms with Gasteiger partial charge < -0.3 is 0 Å². The van der Waals surface area contributed by atoms with Gasteiger partial charge in [-0.15, -0.1) is 0 Å². The van der Waals surface area contributed by atoms with E-state index in [1.165, 1.54) is 97.7 Å². The summed E-state index contributed by atoms with van der Waals surface area (Å²) in [6, 6.07) is 28.4. The van der Waals surface area contributed by atoms with Gasteiger partial charge in [-0.05, 0) is 125 Å². The van der Waals surface area contributed by atoms with E-state index in [0.717, 1.165) is 0 Å². The van der Waals surface area contributed by atoms with Gasteiger partial charge in [0.2, 0.25) is 0 Å². The van der Waals surface area contributed by atoms with Crippen molar-refractivity contribution in [2.75, 3.05) is 0 Å². The molecule has 160 valence electrons. The number of aryl methyl sites for hydroxylation is 4. The van der Waals surface area contributed by atoms with Crippen molar-refractivity contribution in [1.29, 1.82) is 0 Å². The largest absolute Gasteiger partial charge is 0.0537 e. The quantitative estimate of drug-likeness (QED) is 0.165. The van der Waals surface area contributed by atoms with E-state index in [1.54, 1.807) is 0 Å². The van der Waals surface area contributed by atoms with Crippen LogP contribution in [0.2, 0.25) is 0 Å². The zero-order valence-corrected chi connectivity index (χ0v) is 19.9. The van der Waals surface area contributed by atoms with Crippen molar-refractivity contribution < 1.29 is 0 Å². The summed E-state index contributed by atoms with van der Waals surface area (Å²) in [5, 5.41) is 19.4. The Hall–Kier alpha value is -3.90. The second kappa shape index (κ2) is 5.96. The topological polar surface area (TPSA) is 0 Å². The fourth-order valence-electron chi connectivity index (χ4n) is 6.88. The van der Waals surface area contributed by atoms with Crippen molar-refractivity contribution in [3.8, 4) is 0 Å². The Morgan fingerprint density at radius 2 is 0.529 bits per heavy atom.